The van der Waals surface area contributed by atoms with Gasteiger partial charge in [-0.3, -0.25) is 0 Å². The first kappa shape index (κ1) is 23.8. The van der Waals surface area contributed by atoms with E-state index in [9.17, 15) is 8.42 Å². The van der Waals surface area contributed by atoms with Crippen LogP contribution in [0, 0.1) is 0 Å². The fourth-order valence-electron chi connectivity index (χ4n) is 4.86. The van der Waals surface area contributed by atoms with Crippen molar-refractivity contribution in [1.29, 1.82) is 0 Å². The van der Waals surface area contributed by atoms with Crippen molar-refractivity contribution >= 4 is 38.7 Å². The molecule has 1 aliphatic rings. The highest BCUT2D eigenvalue weighted by Gasteiger charge is 2.36. The van der Waals surface area contributed by atoms with Crippen molar-refractivity contribution in [2.75, 3.05) is 19.3 Å². The van der Waals surface area contributed by atoms with Gasteiger partial charge in [0.05, 0.1) is 27.8 Å². The number of aromatic amines is 2. The van der Waals surface area contributed by atoms with E-state index >= 15 is 0 Å². The number of benzene rings is 2. The second-order valence-electron chi connectivity index (χ2n) is 9.16. The van der Waals surface area contributed by atoms with Gasteiger partial charge in [-0.15, -0.1) is 0 Å². The Bertz CT molecular complexity index is 1570. The van der Waals surface area contributed by atoms with Gasteiger partial charge < -0.3 is 26.3 Å². The number of nitrogens with zero attached hydrogens (tertiary/aromatic N) is 3. The Morgan fingerprint density at radius 1 is 1.14 bits per heavy atom. The third-order valence-corrected chi connectivity index (χ3v) is 7.99. The number of aliphatic imine (C=N–C) groups is 1. The lowest BCUT2D eigenvalue weighted by Gasteiger charge is -2.39. The van der Waals surface area contributed by atoms with Gasteiger partial charge in [-0.25, -0.2) is 18.4 Å². The van der Waals surface area contributed by atoms with Gasteiger partial charge in [0.1, 0.15) is 11.6 Å². The van der Waals surface area contributed by atoms with Crippen molar-refractivity contribution in [2.24, 2.45) is 16.5 Å². The Morgan fingerprint density at radius 3 is 2.58 bits per heavy atom. The van der Waals surface area contributed by atoms with Crippen LogP contribution >= 0.6 is 0 Å². The molecule has 0 atom stereocenters. The number of rotatable bonds is 6. The van der Waals surface area contributed by atoms with E-state index in [4.69, 9.17) is 16.5 Å². The third kappa shape index (κ3) is 4.18. The Morgan fingerprint density at radius 2 is 1.86 bits per heavy atom. The lowest BCUT2D eigenvalue weighted by molar-refractivity contribution is 0.214. The first-order valence-corrected chi connectivity index (χ1v) is 13.5. The maximum Gasteiger partial charge on any atom is 0.176 e. The SMILES string of the molecule is C=C(c1cc[nH]c1N=CN)N1CCC(N)(c2nc3c(-c4ccccc4S(C)(=O)=O)cccc3[nH]2)CC1. The normalized spacial score (nSPS) is 16.1. The summed E-state index contributed by atoms with van der Waals surface area (Å²) >= 11 is 0. The Kier molecular flexibility index (Phi) is 5.93. The Balaban J connectivity index is 1.44. The molecule has 10 heteroatoms. The van der Waals surface area contributed by atoms with Gasteiger partial charge in [0.15, 0.2) is 9.84 Å². The average Bonchev–Trinajstić information content (AvgIpc) is 3.51. The van der Waals surface area contributed by atoms with Crippen molar-refractivity contribution < 1.29 is 8.42 Å². The molecule has 9 nitrogen and oxygen atoms in total. The maximum absolute atomic E-state index is 12.4. The number of hydrogen-bond donors (Lipinski definition) is 4. The third-order valence-electron chi connectivity index (χ3n) is 6.84. The fourth-order valence-corrected chi connectivity index (χ4v) is 5.76. The summed E-state index contributed by atoms with van der Waals surface area (Å²) in [5, 5.41) is 0. The molecule has 2 aromatic heterocycles. The molecule has 0 aliphatic carbocycles. The largest absolute Gasteiger partial charge is 0.390 e. The lowest BCUT2D eigenvalue weighted by atomic mass is 9.87. The van der Waals surface area contributed by atoms with E-state index in [1.807, 2.05) is 42.6 Å². The van der Waals surface area contributed by atoms with Gasteiger partial charge in [-0.05, 0) is 31.0 Å². The highest BCUT2D eigenvalue weighted by molar-refractivity contribution is 7.90. The first-order chi connectivity index (χ1) is 17.2. The van der Waals surface area contributed by atoms with Gasteiger partial charge >= 0.3 is 0 Å². The van der Waals surface area contributed by atoms with Crippen LogP contribution in [0.1, 0.15) is 24.2 Å². The molecule has 0 amide bonds. The van der Waals surface area contributed by atoms with Crippen LogP contribution in [0.15, 0.2) is 71.2 Å². The quantitative estimate of drug-likeness (QED) is 0.234. The predicted octanol–water partition coefficient (Wildman–Crippen LogP) is 3.50. The van der Waals surface area contributed by atoms with E-state index < -0.39 is 15.4 Å². The fraction of sp³-hybridized carbons (Fsp3) is 0.231. The minimum Gasteiger partial charge on any atom is -0.390 e. The first-order valence-electron chi connectivity index (χ1n) is 11.6. The number of aromatic nitrogens is 3. The van der Waals surface area contributed by atoms with Crippen molar-refractivity contribution in [1.82, 2.24) is 19.9 Å². The van der Waals surface area contributed by atoms with Crippen LogP contribution in [0.4, 0.5) is 5.82 Å². The number of para-hydroxylation sites is 1. The summed E-state index contributed by atoms with van der Waals surface area (Å²) < 4.78 is 24.8. The molecule has 0 bridgehead atoms. The minimum atomic E-state index is -3.41. The summed E-state index contributed by atoms with van der Waals surface area (Å²) in [6.07, 6.45) is 5.63. The number of piperidine rings is 1. The maximum atomic E-state index is 12.4. The smallest absolute Gasteiger partial charge is 0.176 e. The van der Waals surface area contributed by atoms with Crippen LogP contribution in [0.5, 0.6) is 0 Å². The number of nitrogens with two attached hydrogens (primary N) is 2. The van der Waals surface area contributed by atoms with Crippen LogP contribution < -0.4 is 11.5 Å². The van der Waals surface area contributed by atoms with Gasteiger partial charge in [-0.1, -0.05) is 36.9 Å². The summed E-state index contributed by atoms with van der Waals surface area (Å²) in [4.78, 5) is 18.0. The summed E-state index contributed by atoms with van der Waals surface area (Å²) in [7, 11) is -3.41. The zero-order valence-electron chi connectivity index (χ0n) is 20.0. The number of imidazole rings is 1. The van der Waals surface area contributed by atoms with Crippen LogP contribution in [0.2, 0.25) is 0 Å². The standard InChI is InChI=1S/C26H29N7O2S/c1-17(18-10-13-29-24(18)30-16-27)33-14-11-26(28,12-15-33)25-31-21-8-5-7-20(23(21)32-25)19-6-3-4-9-22(19)36(2,34)35/h3-10,13,16,29H,1,11-12,14-15,28H2,2H3,(H2,27,30)(H,31,32). The zero-order valence-corrected chi connectivity index (χ0v) is 20.8. The van der Waals surface area contributed by atoms with E-state index in [1.165, 1.54) is 12.6 Å². The van der Waals surface area contributed by atoms with Crippen LogP contribution in [-0.2, 0) is 15.4 Å². The molecule has 0 unspecified atom stereocenters. The van der Waals surface area contributed by atoms with Crippen molar-refractivity contribution in [3.63, 3.8) is 0 Å². The molecule has 3 heterocycles. The number of nitrogens with one attached hydrogen (secondary N) is 2. The number of sulfone groups is 1. The zero-order chi connectivity index (χ0) is 25.5. The van der Waals surface area contributed by atoms with Crippen LogP contribution in [-0.4, -0.2) is 54.0 Å². The van der Waals surface area contributed by atoms with Crippen molar-refractivity contribution in [3.05, 3.63) is 72.7 Å². The molecule has 0 spiro atoms. The second kappa shape index (κ2) is 8.96. The lowest BCUT2D eigenvalue weighted by Crippen LogP contribution is -2.48. The minimum absolute atomic E-state index is 0.277. The highest BCUT2D eigenvalue weighted by atomic mass is 32.2. The summed E-state index contributed by atoms with van der Waals surface area (Å²) in [5.41, 5.74) is 16.4. The molecule has 0 saturated carbocycles. The highest BCUT2D eigenvalue weighted by Crippen LogP contribution is 2.37. The van der Waals surface area contributed by atoms with E-state index in [-0.39, 0.29) is 4.90 Å². The van der Waals surface area contributed by atoms with E-state index in [2.05, 4.69) is 26.4 Å². The van der Waals surface area contributed by atoms with E-state index in [0.29, 0.717) is 48.7 Å². The molecule has 36 heavy (non-hydrogen) atoms. The van der Waals surface area contributed by atoms with Gasteiger partial charge in [-0.2, -0.15) is 0 Å². The Hall–Kier alpha value is -3.89. The number of fused-ring (bicyclic) bond motifs is 1. The summed E-state index contributed by atoms with van der Waals surface area (Å²) in [6, 6.07) is 14.7. The van der Waals surface area contributed by atoms with E-state index in [1.54, 1.807) is 12.1 Å². The monoisotopic (exact) mass is 503 g/mol. The average molecular weight is 504 g/mol. The van der Waals surface area contributed by atoms with Crippen molar-refractivity contribution in [2.45, 2.75) is 23.3 Å². The molecular weight excluding hydrogens is 474 g/mol. The molecule has 4 aromatic rings. The molecule has 0 radical (unpaired) electrons. The molecule has 1 saturated heterocycles. The molecule has 2 aromatic carbocycles. The molecule has 1 fully saturated rings. The molecule has 1 aliphatic heterocycles. The number of H-pyrrole nitrogens is 2. The van der Waals surface area contributed by atoms with Gasteiger partial charge in [0.25, 0.3) is 0 Å². The number of likely N-dealkylation sites (tertiary alicyclic amines) is 1. The summed E-state index contributed by atoms with van der Waals surface area (Å²) in [6.45, 7) is 5.67. The van der Waals surface area contributed by atoms with Gasteiger partial charge in [0, 0.05) is 47.9 Å². The Labute approximate surface area is 209 Å². The summed E-state index contributed by atoms with van der Waals surface area (Å²) in [5.74, 6) is 1.37. The number of hydrogen-bond acceptors (Lipinski definition) is 6. The predicted molar refractivity (Wildman–Crippen MR) is 143 cm³/mol. The molecule has 5 rings (SSSR count). The molecular formula is C26H29N7O2S. The molecule has 186 valence electrons. The van der Waals surface area contributed by atoms with Crippen LogP contribution in [0.3, 0.4) is 0 Å². The van der Waals surface area contributed by atoms with Gasteiger partial charge in [0.2, 0.25) is 0 Å². The van der Waals surface area contributed by atoms with Crippen molar-refractivity contribution in [3.8, 4) is 11.1 Å². The molecule has 6 N–H and O–H groups in total. The van der Waals surface area contributed by atoms with E-state index in [0.717, 1.165) is 22.3 Å². The van der Waals surface area contributed by atoms with Crippen LogP contribution in [0.25, 0.3) is 27.9 Å². The second-order valence-corrected chi connectivity index (χ2v) is 11.1. The topological polar surface area (TPSA) is 146 Å².